The lowest BCUT2D eigenvalue weighted by Gasteiger charge is -2.11. The van der Waals surface area contributed by atoms with Crippen molar-refractivity contribution in [3.63, 3.8) is 0 Å². The molecule has 5 nitrogen and oxygen atoms in total. The molecule has 16 heavy (non-hydrogen) atoms. The summed E-state index contributed by atoms with van der Waals surface area (Å²) in [6.07, 6.45) is -0.973. The van der Waals surface area contributed by atoms with Crippen molar-refractivity contribution in [3.05, 3.63) is 23.8 Å². The van der Waals surface area contributed by atoms with Gasteiger partial charge in [-0.05, 0) is 19.1 Å². The Morgan fingerprint density at radius 1 is 1.44 bits per heavy atom. The molecule has 0 saturated heterocycles. The van der Waals surface area contributed by atoms with Gasteiger partial charge in [0.2, 0.25) is 0 Å². The lowest BCUT2D eigenvalue weighted by atomic mass is 10.2. The minimum absolute atomic E-state index is 0.297. The molecule has 0 saturated carbocycles. The number of hydrogen-bond acceptors (Lipinski definition) is 4. The summed E-state index contributed by atoms with van der Waals surface area (Å²) in [5.41, 5.74) is 0.354. The van der Waals surface area contributed by atoms with E-state index in [1.807, 2.05) is 6.07 Å². The Morgan fingerprint density at radius 3 is 2.56 bits per heavy atom. The van der Waals surface area contributed by atoms with Crippen molar-refractivity contribution in [2.75, 3.05) is 7.11 Å². The van der Waals surface area contributed by atoms with E-state index in [-0.39, 0.29) is 0 Å². The molecule has 0 spiro atoms. The maximum Gasteiger partial charge on any atom is 0.344 e. The maximum absolute atomic E-state index is 10.6. The van der Waals surface area contributed by atoms with E-state index in [1.165, 1.54) is 32.2 Å². The van der Waals surface area contributed by atoms with E-state index in [0.29, 0.717) is 17.1 Å². The molecule has 84 valence electrons. The Morgan fingerprint density at radius 2 is 2.06 bits per heavy atom. The van der Waals surface area contributed by atoms with Crippen LogP contribution in [0.5, 0.6) is 11.5 Å². The molecule has 0 bridgehead atoms. The van der Waals surface area contributed by atoms with E-state index in [1.54, 1.807) is 0 Å². The first-order valence-corrected chi connectivity index (χ1v) is 4.55. The third-order valence-corrected chi connectivity index (χ3v) is 1.91. The van der Waals surface area contributed by atoms with E-state index >= 15 is 0 Å². The fourth-order valence-corrected chi connectivity index (χ4v) is 1.08. The minimum Gasteiger partial charge on any atom is -0.497 e. The van der Waals surface area contributed by atoms with Crippen LogP contribution in [0.25, 0.3) is 0 Å². The molecular weight excluding hydrogens is 210 g/mol. The van der Waals surface area contributed by atoms with Gasteiger partial charge in [-0.1, -0.05) is 0 Å². The number of nitrogens with zero attached hydrogens (tertiary/aromatic N) is 1. The van der Waals surface area contributed by atoms with E-state index in [0.717, 1.165) is 0 Å². The molecular formula is C11H11NO4. The van der Waals surface area contributed by atoms with Crippen LogP contribution in [0.2, 0.25) is 0 Å². The van der Waals surface area contributed by atoms with Crippen LogP contribution in [0.3, 0.4) is 0 Å². The molecule has 0 aliphatic carbocycles. The summed E-state index contributed by atoms with van der Waals surface area (Å²) in [4.78, 5) is 10.6. The number of rotatable bonds is 4. The predicted molar refractivity (Wildman–Crippen MR) is 55.4 cm³/mol. The number of methoxy groups -OCH3 is 1. The zero-order valence-electron chi connectivity index (χ0n) is 8.93. The van der Waals surface area contributed by atoms with Gasteiger partial charge in [0.05, 0.1) is 18.7 Å². The van der Waals surface area contributed by atoms with Gasteiger partial charge in [0.1, 0.15) is 11.5 Å². The van der Waals surface area contributed by atoms with Crippen LogP contribution in [0, 0.1) is 11.3 Å². The summed E-state index contributed by atoms with van der Waals surface area (Å²) in [6.45, 7) is 1.41. The largest absolute Gasteiger partial charge is 0.497 e. The van der Waals surface area contributed by atoms with Crippen LogP contribution in [-0.2, 0) is 4.79 Å². The summed E-state index contributed by atoms with van der Waals surface area (Å²) in [5.74, 6) is -0.321. The van der Waals surface area contributed by atoms with Gasteiger partial charge < -0.3 is 14.6 Å². The molecule has 0 aliphatic heterocycles. The average Bonchev–Trinajstić information content (AvgIpc) is 2.28. The molecule has 0 heterocycles. The first kappa shape index (κ1) is 11.9. The number of carboxylic acid groups (broad SMARTS) is 1. The second kappa shape index (κ2) is 5.03. The standard InChI is InChI=1S/C11H11NO4/c1-7(11(13)14)16-10-4-8(6-12)3-9(5-10)15-2/h3-5,7H,1-2H3,(H,13,14)/t7-/m1/s1. The van der Waals surface area contributed by atoms with Gasteiger partial charge in [-0.15, -0.1) is 0 Å². The van der Waals surface area contributed by atoms with Crippen LogP contribution < -0.4 is 9.47 Å². The molecule has 0 aromatic heterocycles. The highest BCUT2D eigenvalue weighted by molar-refractivity contribution is 5.72. The normalized spacial score (nSPS) is 11.3. The topological polar surface area (TPSA) is 79.5 Å². The Kier molecular flexibility index (Phi) is 3.72. The Balaban J connectivity index is 2.96. The summed E-state index contributed by atoms with van der Waals surface area (Å²) in [7, 11) is 1.46. The van der Waals surface area contributed by atoms with Crippen molar-refractivity contribution in [1.82, 2.24) is 0 Å². The van der Waals surface area contributed by atoms with Gasteiger partial charge in [-0.25, -0.2) is 4.79 Å². The number of carboxylic acids is 1. The van der Waals surface area contributed by atoms with Crippen molar-refractivity contribution in [2.45, 2.75) is 13.0 Å². The van der Waals surface area contributed by atoms with Crippen LogP contribution in [0.4, 0.5) is 0 Å². The number of hydrogen-bond donors (Lipinski definition) is 1. The summed E-state index contributed by atoms with van der Waals surface area (Å²) in [6, 6.07) is 6.47. The first-order chi connectivity index (χ1) is 7.56. The second-order valence-corrected chi connectivity index (χ2v) is 3.11. The Hall–Kier alpha value is -2.22. The van der Waals surface area contributed by atoms with Crippen molar-refractivity contribution in [2.24, 2.45) is 0 Å². The zero-order chi connectivity index (χ0) is 12.1. The average molecular weight is 221 g/mol. The van der Waals surface area contributed by atoms with Crippen molar-refractivity contribution < 1.29 is 19.4 Å². The zero-order valence-corrected chi connectivity index (χ0v) is 8.93. The molecule has 1 rings (SSSR count). The molecule has 0 aliphatic rings. The van der Waals surface area contributed by atoms with Gasteiger partial charge in [0.25, 0.3) is 0 Å². The molecule has 0 fully saturated rings. The van der Waals surface area contributed by atoms with E-state index in [9.17, 15) is 4.79 Å². The number of nitriles is 1. The monoisotopic (exact) mass is 221 g/mol. The highest BCUT2D eigenvalue weighted by Gasteiger charge is 2.13. The number of ether oxygens (including phenoxy) is 2. The van der Waals surface area contributed by atoms with Gasteiger partial charge >= 0.3 is 5.97 Å². The smallest absolute Gasteiger partial charge is 0.344 e. The summed E-state index contributed by atoms with van der Waals surface area (Å²) < 4.78 is 10.1. The quantitative estimate of drug-likeness (QED) is 0.831. The minimum atomic E-state index is -1.07. The molecule has 0 radical (unpaired) electrons. The number of aliphatic carboxylic acids is 1. The lowest BCUT2D eigenvalue weighted by Crippen LogP contribution is -2.22. The van der Waals surface area contributed by atoms with Crippen molar-refractivity contribution in [1.29, 1.82) is 5.26 Å². The van der Waals surface area contributed by atoms with Crippen LogP contribution in [0.1, 0.15) is 12.5 Å². The summed E-state index contributed by atoms with van der Waals surface area (Å²) >= 11 is 0. The van der Waals surface area contributed by atoms with Gasteiger partial charge in [0.15, 0.2) is 6.10 Å². The van der Waals surface area contributed by atoms with Crippen molar-refractivity contribution in [3.8, 4) is 17.6 Å². The van der Waals surface area contributed by atoms with Gasteiger partial charge in [-0.3, -0.25) is 0 Å². The first-order valence-electron chi connectivity index (χ1n) is 4.55. The van der Waals surface area contributed by atoms with E-state index in [2.05, 4.69) is 0 Å². The predicted octanol–water partition coefficient (Wildman–Crippen LogP) is 1.42. The van der Waals surface area contributed by atoms with Crippen LogP contribution >= 0.6 is 0 Å². The third kappa shape index (κ3) is 2.89. The molecule has 1 N–H and O–H groups in total. The molecule has 0 amide bonds. The highest BCUT2D eigenvalue weighted by Crippen LogP contribution is 2.23. The fourth-order valence-electron chi connectivity index (χ4n) is 1.08. The van der Waals surface area contributed by atoms with Crippen LogP contribution in [-0.4, -0.2) is 24.3 Å². The van der Waals surface area contributed by atoms with Crippen LogP contribution in [0.15, 0.2) is 18.2 Å². The number of carbonyl (C=O) groups is 1. The fraction of sp³-hybridized carbons (Fsp3) is 0.273. The Bertz CT molecular complexity index is 436. The third-order valence-electron chi connectivity index (χ3n) is 1.91. The van der Waals surface area contributed by atoms with E-state index in [4.69, 9.17) is 19.8 Å². The summed E-state index contributed by atoms with van der Waals surface area (Å²) in [5, 5.41) is 17.4. The Labute approximate surface area is 92.8 Å². The number of benzene rings is 1. The SMILES string of the molecule is COc1cc(C#N)cc(O[C@H](C)C(=O)O)c1. The molecule has 1 aromatic rings. The highest BCUT2D eigenvalue weighted by atomic mass is 16.5. The van der Waals surface area contributed by atoms with Gasteiger partial charge in [-0.2, -0.15) is 5.26 Å². The second-order valence-electron chi connectivity index (χ2n) is 3.11. The lowest BCUT2D eigenvalue weighted by molar-refractivity contribution is -0.144. The molecule has 0 unspecified atom stereocenters. The molecule has 5 heteroatoms. The maximum atomic E-state index is 10.6. The molecule has 1 atom stereocenters. The van der Waals surface area contributed by atoms with E-state index < -0.39 is 12.1 Å². The molecule has 1 aromatic carbocycles. The van der Waals surface area contributed by atoms with Crippen molar-refractivity contribution >= 4 is 5.97 Å². The van der Waals surface area contributed by atoms with Gasteiger partial charge in [0, 0.05) is 6.07 Å².